The molecule has 0 saturated carbocycles. The van der Waals surface area contributed by atoms with Crippen molar-refractivity contribution in [3.8, 4) is 5.75 Å². The average Bonchev–Trinajstić information content (AvgIpc) is 2.55. The number of aryl methyl sites for hydroxylation is 2. The summed E-state index contributed by atoms with van der Waals surface area (Å²) in [6, 6.07) is 14.0. The molecule has 2 aromatic carbocycles. The highest BCUT2D eigenvalue weighted by Gasteiger charge is 2.04. The summed E-state index contributed by atoms with van der Waals surface area (Å²) in [5, 5.41) is 6.12. The average molecular weight is 312 g/mol. The van der Waals surface area contributed by atoms with E-state index in [0.29, 0.717) is 6.54 Å². The maximum atomic E-state index is 12.0. The Hall–Kier alpha value is -2.33. The molecule has 0 fully saturated rings. The molecule has 2 N–H and O–H groups in total. The summed E-state index contributed by atoms with van der Waals surface area (Å²) in [7, 11) is 1.66. The predicted octanol–water partition coefficient (Wildman–Crippen LogP) is 3.08. The van der Waals surface area contributed by atoms with Gasteiger partial charge in [0.05, 0.1) is 13.7 Å². The van der Waals surface area contributed by atoms with Crippen molar-refractivity contribution >= 4 is 11.6 Å². The van der Waals surface area contributed by atoms with Gasteiger partial charge < -0.3 is 15.4 Å². The van der Waals surface area contributed by atoms with Crippen LogP contribution in [0.25, 0.3) is 0 Å². The number of methoxy groups -OCH3 is 1. The maximum absolute atomic E-state index is 12.0. The number of benzene rings is 2. The monoisotopic (exact) mass is 312 g/mol. The van der Waals surface area contributed by atoms with Crippen LogP contribution in [0.4, 0.5) is 5.69 Å². The molecule has 0 aliphatic rings. The van der Waals surface area contributed by atoms with Crippen LogP contribution in [-0.4, -0.2) is 26.1 Å². The first-order chi connectivity index (χ1) is 11.1. The Bertz CT molecular complexity index is 651. The van der Waals surface area contributed by atoms with E-state index < -0.39 is 0 Å². The van der Waals surface area contributed by atoms with Gasteiger partial charge in [0.2, 0.25) is 5.91 Å². The molecule has 23 heavy (non-hydrogen) atoms. The zero-order valence-electron chi connectivity index (χ0n) is 14.0. The third-order valence-corrected chi connectivity index (χ3v) is 3.70. The fourth-order valence-corrected chi connectivity index (χ4v) is 2.29. The van der Waals surface area contributed by atoms with Crippen LogP contribution >= 0.6 is 0 Å². The number of carbonyl (C=O) groups excluding carboxylic acids is 1. The highest BCUT2D eigenvalue weighted by molar-refractivity contribution is 5.93. The minimum atomic E-state index is -0.0200. The molecule has 4 nitrogen and oxygen atoms in total. The molecule has 122 valence electrons. The molecular formula is C19H24N2O2. The SMILES string of the molecule is COc1ccc(CCNCC(=O)Nc2cc(C)ccc2C)cc1. The second-order valence-corrected chi connectivity index (χ2v) is 5.64. The van der Waals surface area contributed by atoms with Gasteiger partial charge in [-0.15, -0.1) is 0 Å². The molecule has 2 aromatic rings. The molecule has 0 spiro atoms. The van der Waals surface area contributed by atoms with Crippen molar-refractivity contribution < 1.29 is 9.53 Å². The number of hydrogen-bond donors (Lipinski definition) is 2. The minimum Gasteiger partial charge on any atom is -0.497 e. The first kappa shape index (κ1) is 17.0. The maximum Gasteiger partial charge on any atom is 0.238 e. The lowest BCUT2D eigenvalue weighted by Gasteiger charge is -2.10. The Balaban J connectivity index is 1.73. The van der Waals surface area contributed by atoms with Gasteiger partial charge in [0, 0.05) is 5.69 Å². The summed E-state index contributed by atoms with van der Waals surface area (Å²) >= 11 is 0. The van der Waals surface area contributed by atoms with Crippen molar-refractivity contribution in [3.63, 3.8) is 0 Å². The van der Waals surface area contributed by atoms with Crippen LogP contribution in [0.1, 0.15) is 16.7 Å². The molecule has 2 rings (SSSR count). The lowest BCUT2D eigenvalue weighted by molar-refractivity contribution is -0.115. The van der Waals surface area contributed by atoms with Crippen LogP contribution in [0, 0.1) is 13.8 Å². The third kappa shape index (κ3) is 5.42. The molecule has 0 aromatic heterocycles. The number of rotatable bonds is 7. The van der Waals surface area contributed by atoms with Gasteiger partial charge in [-0.05, 0) is 61.7 Å². The fraction of sp³-hybridized carbons (Fsp3) is 0.316. The lowest BCUT2D eigenvalue weighted by Crippen LogP contribution is -2.29. The Labute approximate surface area is 137 Å². The second-order valence-electron chi connectivity index (χ2n) is 5.64. The molecule has 0 atom stereocenters. The molecule has 0 aliphatic carbocycles. The summed E-state index contributed by atoms with van der Waals surface area (Å²) in [5.74, 6) is 0.836. The molecule has 1 amide bonds. The second kappa shape index (κ2) is 8.34. The van der Waals surface area contributed by atoms with E-state index in [4.69, 9.17) is 4.74 Å². The van der Waals surface area contributed by atoms with Crippen molar-refractivity contribution in [1.82, 2.24) is 5.32 Å². The number of amides is 1. The zero-order chi connectivity index (χ0) is 16.7. The minimum absolute atomic E-state index is 0.0200. The van der Waals surface area contributed by atoms with E-state index >= 15 is 0 Å². The number of hydrogen-bond acceptors (Lipinski definition) is 3. The van der Waals surface area contributed by atoms with E-state index in [0.717, 1.165) is 35.5 Å². The van der Waals surface area contributed by atoms with Crippen molar-refractivity contribution in [3.05, 3.63) is 59.2 Å². The zero-order valence-corrected chi connectivity index (χ0v) is 14.0. The highest BCUT2D eigenvalue weighted by atomic mass is 16.5. The van der Waals surface area contributed by atoms with Crippen LogP contribution < -0.4 is 15.4 Å². The van der Waals surface area contributed by atoms with E-state index in [1.54, 1.807) is 7.11 Å². The van der Waals surface area contributed by atoms with E-state index in [1.807, 2.05) is 56.3 Å². The van der Waals surface area contributed by atoms with Crippen LogP contribution in [0.3, 0.4) is 0 Å². The Morgan fingerprint density at radius 1 is 1.09 bits per heavy atom. The molecular weight excluding hydrogens is 288 g/mol. The Morgan fingerprint density at radius 2 is 1.83 bits per heavy atom. The van der Waals surface area contributed by atoms with Gasteiger partial charge in [0.25, 0.3) is 0 Å². The number of ether oxygens (including phenoxy) is 1. The number of nitrogens with one attached hydrogen (secondary N) is 2. The van der Waals surface area contributed by atoms with E-state index in [1.165, 1.54) is 5.56 Å². The van der Waals surface area contributed by atoms with Gasteiger partial charge in [-0.1, -0.05) is 24.3 Å². The van der Waals surface area contributed by atoms with Crippen molar-refractivity contribution in [2.75, 3.05) is 25.5 Å². The predicted molar refractivity (Wildman–Crippen MR) is 94.1 cm³/mol. The van der Waals surface area contributed by atoms with Gasteiger partial charge >= 0.3 is 0 Å². The van der Waals surface area contributed by atoms with Gasteiger partial charge in [-0.3, -0.25) is 4.79 Å². The highest BCUT2D eigenvalue weighted by Crippen LogP contribution is 2.16. The number of carbonyl (C=O) groups is 1. The Kier molecular flexibility index (Phi) is 6.18. The standard InChI is InChI=1S/C19H24N2O2/c1-14-4-5-15(2)18(12-14)21-19(22)13-20-11-10-16-6-8-17(23-3)9-7-16/h4-9,12,20H,10-11,13H2,1-3H3,(H,21,22). The summed E-state index contributed by atoms with van der Waals surface area (Å²) in [6.07, 6.45) is 0.876. The fourth-order valence-electron chi connectivity index (χ4n) is 2.29. The van der Waals surface area contributed by atoms with E-state index in [-0.39, 0.29) is 5.91 Å². The van der Waals surface area contributed by atoms with Crippen molar-refractivity contribution in [2.24, 2.45) is 0 Å². The molecule has 0 heterocycles. The molecule has 0 saturated heterocycles. The van der Waals surface area contributed by atoms with E-state index in [9.17, 15) is 4.79 Å². The van der Waals surface area contributed by atoms with Crippen LogP contribution in [-0.2, 0) is 11.2 Å². The van der Waals surface area contributed by atoms with Crippen LogP contribution in [0.2, 0.25) is 0 Å². The van der Waals surface area contributed by atoms with Gasteiger partial charge in [-0.25, -0.2) is 0 Å². The molecule has 0 radical (unpaired) electrons. The molecule has 4 heteroatoms. The molecule has 0 aliphatic heterocycles. The third-order valence-electron chi connectivity index (χ3n) is 3.70. The summed E-state index contributed by atoms with van der Waals surface area (Å²) in [6.45, 7) is 5.07. The normalized spacial score (nSPS) is 10.4. The van der Waals surface area contributed by atoms with Crippen LogP contribution in [0.15, 0.2) is 42.5 Å². The summed E-state index contributed by atoms with van der Waals surface area (Å²) < 4.78 is 5.13. The van der Waals surface area contributed by atoms with E-state index in [2.05, 4.69) is 10.6 Å². The summed E-state index contributed by atoms with van der Waals surface area (Å²) in [5.41, 5.74) is 4.31. The summed E-state index contributed by atoms with van der Waals surface area (Å²) in [4.78, 5) is 12.0. The van der Waals surface area contributed by atoms with Crippen LogP contribution in [0.5, 0.6) is 5.75 Å². The van der Waals surface area contributed by atoms with Gasteiger partial charge in [-0.2, -0.15) is 0 Å². The molecule has 0 unspecified atom stereocenters. The van der Waals surface area contributed by atoms with Crippen molar-refractivity contribution in [2.45, 2.75) is 20.3 Å². The largest absolute Gasteiger partial charge is 0.497 e. The quantitative estimate of drug-likeness (QED) is 0.773. The first-order valence-electron chi connectivity index (χ1n) is 7.79. The lowest BCUT2D eigenvalue weighted by atomic mass is 10.1. The van der Waals surface area contributed by atoms with Gasteiger partial charge in [0.1, 0.15) is 5.75 Å². The molecule has 0 bridgehead atoms. The first-order valence-corrected chi connectivity index (χ1v) is 7.79. The number of anilines is 1. The Morgan fingerprint density at radius 3 is 2.52 bits per heavy atom. The topological polar surface area (TPSA) is 50.4 Å². The van der Waals surface area contributed by atoms with Crippen molar-refractivity contribution in [1.29, 1.82) is 0 Å². The van der Waals surface area contributed by atoms with Gasteiger partial charge in [0.15, 0.2) is 0 Å². The smallest absolute Gasteiger partial charge is 0.238 e.